The van der Waals surface area contributed by atoms with Gasteiger partial charge in [0.2, 0.25) is 0 Å². The van der Waals surface area contributed by atoms with Crippen LogP contribution in [0.2, 0.25) is 0 Å². The standard InChI is InChI=1S/C18H29N3O2.HI/c1-6-23-16-11-14(7-8-15(16)22-5)12-20-17(19-4)21-10-9-18(2,3)13-21;/h7-8,11H,6,9-10,12-13H2,1-5H3,(H,19,20);1H. The molecule has 0 spiro atoms. The van der Waals surface area contributed by atoms with Crippen LogP contribution in [0.5, 0.6) is 11.5 Å². The molecule has 0 radical (unpaired) electrons. The molecule has 0 bridgehead atoms. The van der Waals surface area contributed by atoms with Gasteiger partial charge in [0.15, 0.2) is 17.5 Å². The Morgan fingerprint density at radius 1 is 1.33 bits per heavy atom. The lowest BCUT2D eigenvalue weighted by atomic mass is 9.93. The van der Waals surface area contributed by atoms with Gasteiger partial charge in [-0.2, -0.15) is 0 Å². The lowest BCUT2D eigenvalue weighted by molar-refractivity contribution is 0.310. The lowest BCUT2D eigenvalue weighted by Crippen LogP contribution is -2.40. The van der Waals surface area contributed by atoms with Crippen LogP contribution in [-0.4, -0.2) is 44.7 Å². The van der Waals surface area contributed by atoms with Crippen molar-refractivity contribution < 1.29 is 9.47 Å². The first kappa shape index (κ1) is 20.9. The number of nitrogens with zero attached hydrogens (tertiary/aromatic N) is 2. The minimum Gasteiger partial charge on any atom is -0.493 e. The van der Waals surface area contributed by atoms with Crippen LogP contribution in [0.4, 0.5) is 0 Å². The molecule has 1 aromatic rings. The van der Waals surface area contributed by atoms with E-state index in [1.165, 1.54) is 6.42 Å². The van der Waals surface area contributed by atoms with Crippen LogP contribution in [0, 0.1) is 5.41 Å². The first-order valence-corrected chi connectivity index (χ1v) is 8.24. The van der Waals surface area contributed by atoms with Gasteiger partial charge in [0.1, 0.15) is 0 Å². The summed E-state index contributed by atoms with van der Waals surface area (Å²) < 4.78 is 11.0. The second kappa shape index (κ2) is 9.34. The maximum absolute atomic E-state index is 5.64. The van der Waals surface area contributed by atoms with Gasteiger partial charge >= 0.3 is 0 Å². The summed E-state index contributed by atoms with van der Waals surface area (Å²) >= 11 is 0. The van der Waals surface area contributed by atoms with Gasteiger partial charge in [-0.15, -0.1) is 24.0 Å². The van der Waals surface area contributed by atoms with Crippen molar-refractivity contribution in [3.8, 4) is 11.5 Å². The third kappa shape index (κ3) is 5.43. The monoisotopic (exact) mass is 447 g/mol. The van der Waals surface area contributed by atoms with Gasteiger partial charge in [-0.25, -0.2) is 0 Å². The molecule has 0 unspecified atom stereocenters. The van der Waals surface area contributed by atoms with Crippen LogP contribution in [0.25, 0.3) is 0 Å². The van der Waals surface area contributed by atoms with Crippen molar-refractivity contribution in [2.75, 3.05) is 33.9 Å². The molecule has 0 saturated carbocycles. The van der Waals surface area contributed by atoms with Crippen molar-refractivity contribution in [2.24, 2.45) is 10.4 Å². The van der Waals surface area contributed by atoms with E-state index in [9.17, 15) is 0 Å². The van der Waals surface area contributed by atoms with Crippen LogP contribution < -0.4 is 14.8 Å². The number of hydrogen-bond acceptors (Lipinski definition) is 3. The summed E-state index contributed by atoms with van der Waals surface area (Å²) in [5, 5.41) is 3.45. The highest BCUT2D eigenvalue weighted by molar-refractivity contribution is 14.0. The van der Waals surface area contributed by atoms with Gasteiger partial charge in [0.05, 0.1) is 13.7 Å². The summed E-state index contributed by atoms with van der Waals surface area (Å²) in [4.78, 5) is 6.75. The van der Waals surface area contributed by atoms with E-state index in [-0.39, 0.29) is 24.0 Å². The Morgan fingerprint density at radius 2 is 2.08 bits per heavy atom. The Kier molecular flexibility index (Phi) is 8.12. The topological polar surface area (TPSA) is 46.1 Å². The molecule has 0 aliphatic carbocycles. The highest BCUT2D eigenvalue weighted by atomic mass is 127. The number of ether oxygens (including phenoxy) is 2. The van der Waals surface area contributed by atoms with E-state index >= 15 is 0 Å². The molecule has 24 heavy (non-hydrogen) atoms. The fourth-order valence-electron chi connectivity index (χ4n) is 2.91. The summed E-state index contributed by atoms with van der Waals surface area (Å²) in [7, 11) is 3.50. The molecule has 1 aliphatic heterocycles. The molecule has 1 fully saturated rings. The highest BCUT2D eigenvalue weighted by Crippen LogP contribution is 2.29. The number of hydrogen-bond donors (Lipinski definition) is 1. The molecule has 1 saturated heterocycles. The van der Waals surface area contributed by atoms with Crippen molar-refractivity contribution in [1.29, 1.82) is 0 Å². The maximum Gasteiger partial charge on any atom is 0.193 e. The van der Waals surface area contributed by atoms with E-state index in [0.717, 1.165) is 36.1 Å². The molecule has 0 amide bonds. The molecular weight excluding hydrogens is 417 g/mol. The van der Waals surface area contributed by atoms with E-state index in [2.05, 4.69) is 35.1 Å². The molecular formula is C18H30IN3O2. The molecule has 0 aromatic heterocycles. The fourth-order valence-corrected chi connectivity index (χ4v) is 2.91. The second-order valence-corrected chi connectivity index (χ2v) is 6.65. The molecule has 2 rings (SSSR count). The molecule has 6 heteroatoms. The third-order valence-electron chi connectivity index (χ3n) is 4.17. The molecule has 1 aliphatic rings. The quantitative estimate of drug-likeness (QED) is 0.426. The van der Waals surface area contributed by atoms with Gasteiger partial charge in [0.25, 0.3) is 0 Å². The van der Waals surface area contributed by atoms with E-state index in [1.54, 1.807) is 7.11 Å². The minimum absolute atomic E-state index is 0. The summed E-state index contributed by atoms with van der Waals surface area (Å²) in [6.07, 6.45) is 1.20. The van der Waals surface area contributed by atoms with Crippen molar-refractivity contribution in [2.45, 2.75) is 33.7 Å². The lowest BCUT2D eigenvalue weighted by Gasteiger charge is -2.23. The number of benzene rings is 1. The average Bonchev–Trinajstić information content (AvgIpc) is 2.88. The molecule has 136 valence electrons. The largest absolute Gasteiger partial charge is 0.493 e. The van der Waals surface area contributed by atoms with Crippen LogP contribution in [-0.2, 0) is 6.54 Å². The van der Waals surface area contributed by atoms with Crippen molar-refractivity contribution in [3.05, 3.63) is 23.8 Å². The SMILES string of the molecule is CCOc1cc(CNC(=NC)N2CCC(C)(C)C2)ccc1OC.I. The predicted molar refractivity (Wildman–Crippen MR) is 110 cm³/mol. The molecule has 0 atom stereocenters. The number of rotatable bonds is 5. The fraction of sp³-hybridized carbons (Fsp3) is 0.611. The molecule has 5 nitrogen and oxygen atoms in total. The van der Waals surface area contributed by atoms with E-state index in [0.29, 0.717) is 18.6 Å². The smallest absolute Gasteiger partial charge is 0.193 e. The number of methoxy groups -OCH3 is 1. The number of nitrogens with one attached hydrogen (secondary N) is 1. The number of guanidine groups is 1. The Morgan fingerprint density at radius 3 is 2.62 bits per heavy atom. The van der Waals surface area contributed by atoms with Crippen LogP contribution in [0.1, 0.15) is 32.8 Å². The molecule has 1 aromatic carbocycles. The van der Waals surface area contributed by atoms with Crippen molar-refractivity contribution in [1.82, 2.24) is 10.2 Å². The average molecular weight is 447 g/mol. The van der Waals surface area contributed by atoms with Gasteiger partial charge in [0, 0.05) is 26.7 Å². The molecule has 1 N–H and O–H groups in total. The zero-order chi connectivity index (χ0) is 16.9. The normalized spacial score (nSPS) is 16.5. The summed E-state index contributed by atoms with van der Waals surface area (Å²) in [5.41, 5.74) is 1.51. The number of aliphatic imine (C=N–C) groups is 1. The number of likely N-dealkylation sites (tertiary alicyclic amines) is 1. The van der Waals surface area contributed by atoms with Crippen LogP contribution in [0.15, 0.2) is 23.2 Å². The van der Waals surface area contributed by atoms with Gasteiger partial charge in [-0.05, 0) is 36.5 Å². The van der Waals surface area contributed by atoms with E-state index < -0.39 is 0 Å². The third-order valence-corrected chi connectivity index (χ3v) is 4.17. The van der Waals surface area contributed by atoms with Crippen LogP contribution >= 0.6 is 24.0 Å². The van der Waals surface area contributed by atoms with E-state index in [4.69, 9.17) is 9.47 Å². The first-order valence-electron chi connectivity index (χ1n) is 8.24. The predicted octanol–water partition coefficient (Wildman–Crippen LogP) is 3.52. The van der Waals surface area contributed by atoms with Gasteiger partial charge in [-0.3, -0.25) is 4.99 Å². The van der Waals surface area contributed by atoms with E-state index in [1.807, 2.05) is 26.1 Å². The van der Waals surface area contributed by atoms with Crippen molar-refractivity contribution in [3.63, 3.8) is 0 Å². The summed E-state index contributed by atoms with van der Waals surface area (Å²) in [6, 6.07) is 6.02. The Balaban J connectivity index is 0.00000288. The Labute approximate surface area is 162 Å². The van der Waals surface area contributed by atoms with Crippen LogP contribution in [0.3, 0.4) is 0 Å². The maximum atomic E-state index is 5.64. The zero-order valence-corrected chi connectivity index (χ0v) is 17.7. The van der Waals surface area contributed by atoms with Gasteiger partial charge < -0.3 is 19.7 Å². The highest BCUT2D eigenvalue weighted by Gasteiger charge is 2.30. The summed E-state index contributed by atoms with van der Waals surface area (Å²) in [6.45, 7) is 10.0. The Hall–Kier alpha value is -1.18. The van der Waals surface area contributed by atoms with Gasteiger partial charge in [-0.1, -0.05) is 19.9 Å². The zero-order valence-electron chi connectivity index (χ0n) is 15.4. The first-order chi connectivity index (χ1) is 11.0. The molecule has 1 heterocycles. The minimum atomic E-state index is 0. The Bertz CT molecular complexity index is 561. The second-order valence-electron chi connectivity index (χ2n) is 6.65. The number of halogens is 1. The summed E-state index contributed by atoms with van der Waals surface area (Å²) in [5.74, 6) is 2.51. The van der Waals surface area contributed by atoms with Crippen molar-refractivity contribution >= 4 is 29.9 Å².